The number of aromatic nitrogens is 2. The summed E-state index contributed by atoms with van der Waals surface area (Å²) in [6, 6.07) is 0. The van der Waals surface area contributed by atoms with Crippen LogP contribution >= 0.6 is 0 Å². The zero-order valence-electron chi connectivity index (χ0n) is 10.9. The van der Waals surface area contributed by atoms with Crippen molar-refractivity contribution in [2.75, 3.05) is 19.8 Å². The first kappa shape index (κ1) is 14.9. The molecule has 0 spiro atoms. The molecule has 1 aromatic rings. The Bertz CT molecular complexity index is 562. The highest BCUT2D eigenvalue weighted by Crippen LogP contribution is 2.14. The minimum absolute atomic E-state index is 0.0581. The second kappa shape index (κ2) is 6.33. The quantitative estimate of drug-likeness (QED) is 0.745. The molecule has 0 atom stereocenters. The zero-order chi connectivity index (χ0) is 14.6. The Balaban J connectivity index is 1.83. The van der Waals surface area contributed by atoms with Gasteiger partial charge in [0.2, 0.25) is 10.0 Å². The molecular formula is C11H17N3O5S. The molecule has 1 aromatic heterocycles. The molecule has 0 aromatic carbocycles. The maximum Gasteiger partial charge on any atom is 0.356 e. The molecule has 1 aliphatic rings. The zero-order valence-corrected chi connectivity index (χ0v) is 11.7. The Morgan fingerprint density at radius 2 is 2.20 bits per heavy atom. The lowest BCUT2D eigenvalue weighted by Gasteiger charge is -2.22. The predicted molar refractivity (Wildman–Crippen MR) is 69.9 cm³/mol. The topological polar surface area (TPSA) is 111 Å². The highest BCUT2D eigenvalue weighted by atomic mass is 32.2. The number of imidazole rings is 1. The Kier molecular flexibility index (Phi) is 4.73. The standard InChI is InChI=1S/C11H17N3O5S/c15-11(16)10-7-14(8-12-10)4-3-13-20(17,18)9-1-5-19-6-2-9/h7-9,13H,1-6H2,(H,15,16). The van der Waals surface area contributed by atoms with Gasteiger partial charge in [-0.1, -0.05) is 0 Å². The second-order valence-corrected chi connectivity index (χ2v) is 6.60. The van der Waals surface area contributed by atoms with Gasteiger partial charge in [-0.25, -0.2) is 22.9 Å². The van der Waals surface area contributed by atoms with E-state index in [4.69, 9.17) is 9.84 Å². The molecule has 8 nitrogen and oxygen atoms in total. The van der Waals surface area contributed by atoms with E-state index in [1.54, 1.807) is 0 Å². The number of carboxylic acids is 1. The number of hydrogen-bond acceptors (Lipinski definition) is 5. The summed E-state index contributed by atoms with van der Waals surface area (Å²) >= 11 is 0. The summed E-state index contributed by atoms with van der Waals surface area (Å²) in [6.07, 6.45) is 3.74. The molecule has 0 amide bonds. The van der Waals surface area contributed by atoms with Gasteiger partial charge in [-0.2, -0.15) is 0 Å². The molecule has 0 radical (unpaired) electrons. The lowest BCUT2D eigenvalue weighted by Crippen LogP contribution is -2.39. The van der Waals surface area contributed by atoms with Gasteiger partial charge in [0.15, 0.2) is 5.69 Å². The molecule has 0 saturated carbocycles. The highest BCUT2D eigenvalue weighted by molar-refractivity contribution is 7.90. The Morgan fingerprint density at radius 1 is 1.50 bits per heavy atom. The highest BCUT2D eigenvalue weighted by Gasteiger charge is 2.26. The van der Waals surface area contributed by atoms with Crippen molar-refractivity contribution in [3.63, 3.8) is 0 Å². The molecule has 2 N–H and O–H groups in total. The Morgan fingerprint density at radius 3 is 2.80 bits per heavy atom. The van der Waals surface area contributed by atoms with Crippen molar-refractivity contribution in [1.29, 1.82) is 0 Å². The summed E-state index contributed by atoms with van der Waals surface area (Å²) in [7, 11) is -3.34. The number of rotatable bonds is 6. The van der Waals surface area contributed by atoms with Crippen LogP contribution in [0.5, 0.6) is 0 Å². The molecule has 9 heteroatoms. The van der Waals surface area contributed by atoms with E-state index in [9.17, 15) is 13.2 Å². The number of carbonyl (C=O) groups is 1. The van der Waals surface area contributed by atoms with Gasteiger partial charge >= 0.3 is 5.97 Å². The van der Waals surface area contributed by atoms with Crippen molar-refractivity contribution in [3.05, 3.63) is 18.2 Å². The van der Waals surface area contributed by atoms with E-state index < -0.39 is 21.2 Å². The third-order valence-electron chi connectivity index (χ3n) is 3.13. The average molecular weight is 303 g/mol. The number of nitrogens with zero attached hydrogens (tertiary/aromatic N) is 2. The number of sulfonamides is 1. The van der Waals surface area contributed by atoms with Gasteiger partial charge in [-0.05, 0) is 12.8 Å². The predicted octanol–water partition coefficient (Wildman–Crippen LogP) is -0.320. The van der Waals surface area contributed by atoms with E-state index in [2.05, 4.69) is 9.71 Å². The molecule has 2 rings (SSSR count). The van der Waals surface area contributed by atoms with Gasteiger partial charge in [0.05, 0.1) is 11.6 Å². The molecule has 112 valence electrons. The van der Waals surface area contributed by atoms with Crippen LogP contribution in [0.15, 0.2) is 12.5 Å². The summed E-state index contributed by atoms with van der Waals surface area (Å²) < 4.78 is 33.2. The van der Waals surface area contributed by atoms with Crippen LogP contribution in [0, 0.1) is 0 Å². The molecule has 0 unspecified atom stereocenters. The van der Waals surface area contributed by atoms with Crippen LogP contribution in [-0.2, 0) is 21.3 Å². The van der Waals surface area contributed by atoms with Crippen LogP contribution < -0.4 is 4.72 Å². The van der Waals surface area contributed by atoms with E-state index in [1.165, 1.54) is 17.1 Å². The normalized spacial score (nSPS) is 17.2. The first-order valence-electron chi connectivity index (χ1n) is 6.30. The Hall–Kier alpha value is -1.45. The maximum atomic E-state index is 12.0. The summed E-state index contributed by atoms with van der Waals surface area (Å²) in [5, 5.41) is 8.32. The summed E-state index contributed by atoms with van der Waals surface area (Å²) in [5.41, 5.74) is -0.0581. The van der Waals surface area contributed by atoms with E-state index in [-0.39, 0.29) is 12.2 Å². The van der Waals surface area contributed by atoms with Gasteiger partial charge in [0, 0.05) is 32.5 Å². The smallest absolute Gasteiger partial charge is 0.356 e. The molecule has 0 aliphatic carbocycles. The fourth-order valence-corrected chi connectivity index (χ4v) is 3.44. The van der Waals surface area contributed by atoms with Gasteiger partial charge in [-0.3, -0.25) is 0 Å². The molecular weight excluding hydrogens is 286 g/mol. The van der Waals surface area contributed by atoms with Crippen LogP contribution in [0.2, 0.25) is 0 Å². The van der Waals surface area contributed by atoms with Gasteiger partial charge in [-0.15, -0.1) is 0 Å². The Labute approximate surface area is 116 Å². The van der Waals surface area contributed by atoms with Crippen LogP contribution in [-0.4, -0.2) is 54.1 Å². The molecule has 0 bridgehead atoms. The first-order chi connectivity index (χ1) is 9.49. The van der Waals surface area contributed by atoms with Crippen molar-refractivity contribution in [3.8, 4) is 0 Å². The minimum atomic E-state index is -3.34. The number of hydrogen-bond donors (Lipinski definition) is 2. The van der Waals surface area contributed by atoms with Crippen molar-refractivity contribution in [2.45, 2.75) is 24.6 Å². The lowest BCUT2D eigenvalue weighted by molar-refractivity contribution is 0.0691. The van der Waals surface area contributed by atoms with Crippen molar-refractivity contribution in [1.82, 2.24) is 14.3 Å². The molecule has 1 fully saturated rings. The number of aromatic carboxylic acids is 1. The monoisotopic (exact) mass is 303 g/mol. The van der Waals surface area contributed by atoms with Crippen molar-refractivity contribution in [2.24, 2.45) is 0 Å². The largest absolute Gasteiger partial charge is 0.476 e. The van der Waals surface area contributed by atoms with E-state index >= 15 is 0 Å². The molecule has 20 heavy (non-hydrogen) atoms. The summed E-state index contributed by atoms with van der Waals surface area (Å²) in [5.74, 6) is -1.11. The maximum absolute atomic E-state index is 12.0. The molecule has 2 heterocycles. The van der Waals surface area contributed by atoms with Crippen molar-refractivity contribution < 1.29 is 23.1 Å². The van der Waals surface area contributed by atoms with Gasteiger partial charge in [0.1, 0.15) is 0 Å². The number of ether oxygens (including phenoxy) is 1. The third-order valence-corrected chi connectivity index (χ3v) is 5.09. The fourth-order valence-electron chi connectivity index (χ4n) is 2.01. The van der Waals surface area contributed by atoms with Crippen molar-refractivity contribution >= 4 is 16.0 Å². The third kappa shape index (κ3) is 3.78. The molecule has 1 aliphatic heterocycles. The van der Waals surface area contributed by atoms with Crippen LogP contribution in [0.3, 0.4) is 0 Å². The summed E-state index contributed by atoms with van der Waals surface area (Å²) in [4.78, 5) is 14.3. The van der Waals surface area contributed by atoms with Crippen LogP contribution in [0.4, 0.5) is 0 Å². The SMILES string of the molecule is O=C(O)c1cn(CCNS(=O)(=O)C2CCOCC2)cn1. The van der Waals surface area contributed by atoms with E-state index in [0.29, 0.717) is 32.6 Å². The first-order valence-corrected chi connectivity index (χ1v) is 7.85. The van der Waals surface area contributed by atoms with Gasteiger partial charge < -0.3 is 14.4 Å². The van der Waals surface area contributed by atoms with Crippen LogP contribution in [0.25, 0.3) is 0 Å². The van der Waals surface area contributed by atoms with E-state index in [0.717, 1.165) is 0 Å². The van der Waals surface area contributed by atoms with Gasteiger partial charge in [0.25, 0.3) is 0 Å². The minimum Gasteiger partial charge on any atom is -0.476 e. The number of nitrogens with one attached hydrogen (secondary N) is 1. The molecule has 1 saturated heterocycles. The van der Waals surface area contributed by atoms with Crippen LogP contribution in [0.1, 0.15) is 23.3 Å². The second-order valence-electron chi connectivity index (χ2n) is 4.55. The lowest BCUT2D eigenvalue weighted by atomic mass is 10.2. The average Bonchev–Trinajstić information content (AvgIpc) is 2.89. The number of carboxylic acid groups (broad SMARTS) is 1. The fraction of sp³-hybridized carbons (Fsp3) is 0.636. The van der Waals surface area contributed by atoms with E-state index in [1.807, 2.05) is 0 Å². The summed E-state index contributed by atoms with van der Waals surface area (Å²) in [6.45, 7) is 1.47.